The molecule has 0 unspecified atom stereocenters. The molecule has 4 aliphatic heterocycles. The van der Waals surface area contributed by atoms with Gasteiger partial charge in [-0.05, 0) is 89.5 Å². The number of hydrogen-bond donors (Lipinski definition) is 9. The number of carboxylic acids is 2. The van der Waals surface area contributed by atoms with Crippen molar-refractivity contribution in [3.8, 4) is 0 Å². The van der Waals surface area contributed by atoms with Crippen LogP contribution in [-0.2, 0) is 54.4 Å². The Morgan fingerprint density at radius 2 is 1.06 bits per heavy atom. The van der Waals surface area contributed by atoms with E-state index in [0.717, 1.165) is 0 Å². The van der Waals surface area contributed by atoms with Gasteiger partial charge in [-0.1, -0.05) is 44.2 Å². The molecule has 71 heavy (non-hydrogen) atoms. The van der Waals surface area contributed by atoms with Crippen LogP contribution in [-0.4, -0.2) is 192 Å². The average molecular weight is 998 g/mol. The van der Waals surface area contributed by atoms with Crippen molar-refractivity contribution in [2.24, 2.45) is 11.7 Å². The molecule has 4 saturated heterocycles. The molecule has 10 N–H and O–H groups in total. The molecule has 0 aromatic heterocycles. The molecule has 23 nitrogen and oxygen atoms in total. The monoisotopic (exact) mass is 998 g/mol. The summed E-state index contributed by atoms with van der Waals surface area (Å²) in [5, 5.41) is 49.5. The Bertz CT molecular complexity index is 2120. The molecule has 1 aromatic carbocycles. The van der Waals surface area contributed by atoms with Gasteiger partial charge in [-0.25, -0.2) is 4.79 Å². The predicted molar refractivity (Wildman–Crippen MR) is 252 cm³/mol. The van der Waals surface area contributed by atoms with Gasteiger partial charge in [0.15, 0.2) is 0 Å². The van der Waals surface area contributed by atoms with Crippen LogP contribution in [0.5, 0.6) is 0 Å². The van der Waals surface area contributed by atoms with E-state index in [1.54, 1.807) is 30.3 Å². The van der Waals surface area contributed by atoms with Crippen LogP contribution in [0.1, 0.15) is 104 Å². The van der Waals surface area contributed by atoms with Gasteiger partial charge in [0.05, 0.1) is 12.2 Å². The zero-order chi connectivity index (χ0) is 52.3. The number of nitrogens with zero attached hydrogens (tertiary/aromatic N) is 4. The van der Waals surface area contributed by atoms with Crippen molar-refractivity contribution in [3.63, 3.8) is 0 Å². The van der Waals surface area contributed by atoms with E-state index < -0.39 is 132 Å². The zero-order valence-corrected chi connectivity index (χ0v) is 40.9. The van der Waals surface area contributed by atoms with Gasteiger partial charge in [0, 0.05) is 39.0 Å². The molecule has 4 heterocycles. The van der Waals surface area contributed by atoms with Crippen LogP contribution in [0.4, 0.5) is 0 Å². The number of carbonyl (C=O) groups excluding carboxylic acids is 8. The molecule has 0 bridgehead atoms. The number of aliphatic hydroxyl groups excluding tert-OH is 2. The van der Waals surface area contributed by atoms with Crippen molar-refractivity contribution in [2.75, 3.05) is 26.2 Å². The number of likely N-dealkylation sites (tertiary alicyclic amines) is 4. The Balaban J connectivity index is 1.25. The molecule has 4 aliphatic rings. The maximum Gasteiger partial charge on any atom is 0.326 e. The van der Waals surface area contributed by atoms with E-state index in [4.69, 9.17) is 5.73 Å². The Kier molecular flexibility index (Phi) is 19.8. The summed E-state index contributed by atoms with van der Waals surface area (Å²) in [7, 11) is 0. The Hall–Kier alpha value is -6.20. The minimum Gasteiger partial charge on any atom is -0.481 e. The topological polar surface area (TPSA) is 339 Å². The van der Waals surface area contributed by atoms with Gasteiger partial charge in [0.25, 0.3) is 0 Å². The van der Waals surface area contributed by atoms with Gasteiger partial charge in [0.2, 0.25) is 47.3 Å². The lowest BCUT2D eigenvalue weighted by Crippen LogP contribution is -2.60. The number of aliphatic hydroxyl groups is 2. The van der Waals surface area contributed by atoms with Crippen LogP contribution in [0.15, 0.2) is 30.3 Å². The molecule has 4 fully saturated rings. The molecule has 392 valence electrons. The third-order valence-corrected chi connectivity index (χ3v) is 13.7. The third-order valence-electron chi connectivity index (χ3n) is 13.7. The van der Waals surface area contributed by atoms with Crippen molar-refractivity contribution in [1.82, 2.24) is 40.9 Å². The molecule has 0 spiro atoms. The van der Waals surface area contributed by atoms with E-state index in [1.807, 2.05) is 13.8 Å². The standard InChI is InChI=1S/C48H71N9O14/c1-26(2)24-31(51-40(62)30(18-19-37(60)61)50-42(64)38(49)27(3)58)44(66)55-21-9-15-34(55)46(68)57-23-11-17-36(57)47(69)56-22-10-16-35(56)45(67)54-20-8-14-33(54)41(63)53-39(28(4)59)43(65)52-32(48(70)71)25-29-12-6-5-7-13-29/h5-7,12-13,26-28,30-36,38-39,58-59H,8-11,14-25,49H2,1-4H3,(H,50,64)(H,51,62)(H,52,65)(H,53,63)(H,60,61)(H,70,71)/t27-,28-,30+,31+,32+,33+,34+,35+,36+,38+,39+/m1/s1. The zero-order valence-electron chi connectivity index (χ0n) is 40.9. The first-order valence-corrected chi connectivity index (χ1v) is 24.6. The average Bonchev–Trinajstić information content (AvgIpc) is 4.18. The summed E-state index contributed by atoms with van der Waals surface area (Å²) in [6, 6.07) is -2.28. The van der Waals surface area contributed by atoms with Gasteiger partial charge in [0.1, 0.15) is 54.4 Å². The molecular formula is C48H71N9O14. The SMILES string of the molecule is CC(C)C[C@H](NC(=O)[C@H](CCC(=O)O)NC(=O)[C@@H](N)[C@@H](C)O)C(=O)N1CCC[C@H]1C(=O)N1CCC[C@H]1C(=O)N1CCC[C@H]1C(=O)N1CCC[C@H]1C(=O)N[C@H](C(=O)N[C@@H](Cc1ccccc1)C(=O)O)[C@@H](C)O. The first-order chi connectivity index (χ1) is 33.6. The first kappa shape index (κ1) is 55.7. The molecule has 23 heteroatoms. The van der Waals surface area contributed by atoms with Gasteiger partial charge >= 0.3 is 11.9 Å². The van der Waals surface area contributed by atoms with Crippen molar-refractivity contribution in [1.29, 1.82) is 0 Å². The van der Waals surface area contributed by atoms with Crippen LogP contribution in [0.25, 0.3) is 0 Å². The van der Waals surface area contributed by atoms with Gasteiger partial charge in [-0.15, -0.1) is 0 Å². The fraction of sp³-hybridized carbons (Fsp3) is 0.667. The highest BCUT2D eigenvalue weighted by Gasteiger charge is 2.49. The number of carbonyl (C=O) groups is 10. The first-order valence-electron chi connectivity index (χ1n) is 24.6. The Morgan fingerprint density at radius 3 is 1.54 bits per heavy atom. The predicted octanol–water partition coefficient (Wildman–Crippen LogP) is -1.78. The third kappa shape index (κ3) is 14.2. The molecule has 1 aromatic rings. The second-order valence-corrected chi connectivity index (χ2v) is 19.5. The lowest BCUT2D eigenvalue weighted by molar-refractivity contribution is -0.153. The number of carboxylic acid groups (broad SMARTS) is 2. The summed E-state index contributed by atoms with van der Waals surface area (Å²) < 4.78 is 0. The minimum atomic E-state index is -1.55. The summed E-state index contributed by atoms with van der Waals surface area (Å²) in [6.45, 7) is 6.95. The number of benzene rings is 1. The van der Waals surface area contributed by atoms with Crippen LogP contribution >= 0.6 is 0 Å². The summed E-state index contributed by atoms with van der Waals surface area (Å²) in [4.78, 5) is 140. The van der Waals surface area contributed by atoms with Crippen LogP contribution < -0.4 is 27.0 Å². The van der Waals surface area contributed by atoms with E-state index in [0.29, 0.717) is 37.7 Å². The van der Waals surface area contributed by atoms with Crippen molar-refractivity contribution in [3.05, 3.63) is 35.9 Å². The summed E-state index contributed by atoms with van der Waals surface area (Å²) in [5.41, 5.74) is 6.39. The number of nitrogens with one attached hydrogen (secondary N) is 4. The molecule has 5 rings (SSSR count). The fourth-order valence-electron chi connectivity index (χ4n) is 9.89. The number of nitrogens with two attached hydrogens (primary N) is 1. The fourth-order valence-corrected chi connectivity index (χ4v) is 9.89. The molecule has 0 saturated carbocycles. The van der Waals surface area contributed by atoms with E-state index in [-0.39, 0.29) is 70.6 Å². The smallest absolute Gasteiger partial charge is 0.326 e. The minimum absolute atomic E-state index is 0.0518. The maximum atomic E-state index is 14.5. The number of aliphatic carboxylic acids is 2. The summed E-state index contributed by atoms with van der Waals surface area (Å²) in [6.07, 6.45) is -0.606. The van der Waals surface area contributed by atoms with Crippen molar-refractivity contribution >= 4 is 59.2 Å². The Labute approximate surface area is 412 Å². The van der Waals surface area contributed by atoms with E-state index in [2.05, 4.69) is 21.3 Å². The Morgan fingerprint density at radius 1 is 0.592 bits per heavy atom. The number of rotatable bonds is 22. The van der Waals surface area contributed by atoms with Gasteiger partial charge < -0.3 is 67.0 Å². The second-order valence-electron chi connectivity index (χ2n) is 19.5. The molecule has 11 atom stereocenters. The summed E-state index contributed by atoms with van der Waals surface area (Å²) in [5.74, 6) is -8.09. The largest absolute Gasteiger partial charge is 0.481 e. The lowest BCUT2D eigenvalue weighted by atomic mass is 10.0. The van der Waals surface area contributed by atoms with E-state index >= 15 is 0 Å². The van der Waals surface area contributed by atoms with Crippen molar-refractivity contribution < 1.29 is 68.4 Å². The van der Waals surface area contributed by atoms with E-state index in [9.17, 15) is 68.4 Å². The molecular weight excluding hydrogens is 927 g/mol. The molecule has 0 aliphatic carbocycles. The van der Waals surface area contributed by atoms with Crippen LogP contribution in [0, 0.1) is 5.92 Å². The quantitative estimate of drug-likeness (QED) is 0.0620. The number of amides is 8. The lowest BCUT2D eigenvalue weighted by Gasteiger charge is -2.36. The molecule has 8 amide bonds. The highest BCUT2D eigenvalue weighted by atomic mass is 16.4. The maximum absolute atomic E-state index is 14.5. The van der Waals surface area contributed by atoms with Crippen LogP contribution in [0.2, 0.25) is 0 Å². The highest BCUT2D eigenvalue weighted by Crippen LogP contribution is 2.31. The molecule has 0 radical (unpaired) electrons. The van der Waals surface area contributed by atoms with Crippen molar-refractivity contribution in [2.45, 2.75) is 171 Å². The van der Waals surface area contributed by atoms with E-state index in [1.165, 1.54) is 33.4 Å². The van der Waals surface area contributed by atoms with Gasteiger partial charge in [-0.2, -0.15) is 0 Å². The number of hydrogen-bond acceptors (Lipinski definition) is 13. The normalized spacial score (nSPS) is 23.0. The van der Waals surface area contributed by atoms with Crippen LogP contribution in [0.3, 0.4) is 0 Å². The highest BCUT2D eigenvalue weighted by molar-refractivity contribution is 5.99. The van der Waals surface area contributed by atoms with Gasteiger partial charge in [-0.3, -0.25) is 43.2 Å². The summed E-state index contributed by atoms with van der Waals surface area (Å²) >= 11 is 0. The second kappa shape index (κ2) is 25.3.